The van der Waals surface area contributed by atoms with Gasteiger partial charge in [-0.15, -0.1) is 0 Å². The SMILES string of the molecule is O=C(O)CCC(NC(=O)NC(CCCCN(Cc1ccc(Br)cc1)C(=O)CCCCNC(=O)/C1=N\CCN(CC(=O)O)CCN(CC(=O)O)CCN(CC(=O)O)C1)C(=O)O)C(=O)O. The molecule has 0 aromatic heterocycles. The maximum absolute atomic E-state index is 13.5. The number of amides is 4. The van der Waals surface area contributed by atoms with Crippen molar-refractivity contribution in [3.8, 4) is 0 Å². The second-order valence-corrected chi connectivity index (χ2v) is 15.7. The van der Waals surface area contributed by atoms with E-state index in [1.54, 1.807) is 14.7 Å². The van der Waals surface area contributed by atoms with Crippen molar-refractivity contribution in [2.45, 2.75) is 70.0 Å². The van der Waals surface area contributed by atoms with Gasteiger partial charge >= 0.3 is 41.8 Å². The van der Waals surface area contributed by atoms with Crippen LogP contribution in [0.2, 0.25) is 0 Å². The van der Waals surface area contributed by atoms with Crippen LogP contribution in [0.5, 0.6) is 0 Å². The molecular formula is C39H57BrN8O15. The predicted molar refractivity (Wildman–Crippen MR) is 226 cm³/mol. The molecule has 0 aliphatic carbocycles. The summed E-state index contributed by atoms with van der Waals surface area (Å²) in [6.07, 6.45) is 0.429. The zero-order valence-electron chi connectivity index (χ0n) is 34.8. The molecule has 1 heterocycles. The van der Waals surface area contributed by atoms with Gasteiger partial charge in [-0.25, -0.2) is 14.4 Å². The highest BCUT2D eigenvalue weighted by Gasteiger charge is 2.26. The van der Waals surface area contributed by atoms with Crippen LogP contribution in [0.25, 0.3) is 0 Å². The molecule has 1 aromatic carbocycles. The van der Waals surface area contributed by atoms with E-state index in [1.807, 2.05) is 24.3 Å². The summed E-state index contributed by atoms with van der Waals surface area (Å²) >= 11 is 3.38. The number of carbonyl (C=O) groups is 9. The summed E-state index contributed by atoms with van der Waals surface area (Å²) in [5.41, 5.74) is 0.835. The number of benzene rings is 1. The first-order valence-corrected chi connectivity index (χ1v) is 21.0. The molecule has 0 spiro atoms. The van der Waals surface area contributed by atoms with E-state index in [0.717, 1.165) is 10.0 Å². The third-order valence-corrected chi connectivity index (χ3v) is 10.2. The summed E-state index contributed by atoms with van der Waals surface area (Å²) in [6, 6.07) is 3.27. The van der Waals surface area contributed by atoms with Gasteiger partial charge in [-0.2, -0.15) is 0 Å². The minimum absolute atomic E-state index is 0.00907. The topological polar surface area (TPSA) is 336 Å². The lowest BCUT2D eigenvalue weighted by Crippen LogP contribution is -2.51. The van der Waals surface area contributed by atoms with Gasteiger partial charge in [-0.3, -0.25) is 48.5 Å². The molecule has 24 heteroatoms. The third kappa shape index (κ3) is 23.3. The molecule has 0 saturated carbocycles. The van der Waals surface area contributed by atoms with Crippen molar-refractivity contribution < 1.29 is 73.8 Å². The monoisotopic (exact) mass is 956 g/mol. The number of carboxylic acid groups (broad SMARTS) is 6. The number of halogens is 1. The third-order valence-electron chi connectivity index (χ3n) is 9.66. The van der Waals surface area contributed by atoms with Gasteiger partial charge in [0.15, 0.2) is 0 Å². The van der Waals surface area contributed by atoms with Gasteiger partial charge < -0.3 is 51.5 Å². The zero-order chi connectivity index (χ0) is 46.9. The summed E-state index contributed by atoms with van der Waals surface area (Å²) in [5, 5.41) is 63.1. The van der Waals surface area contributed by atoms with E-state index in [9.17, 15) is 68.7 Å². The first-order valence-electron chi connectivity index (χ1n) is 20.2. The molecule has 0 saturated heterocycles. The molecular weight excluding hydrogens is 900 g/mol. The van der Waals surface area contributed by atoms with Crippen molar-refractivity contribution >= 4 is 75.3 Å². The van der Waals surface area contributed by atoms with Gasteiger partial charge in [0.25, 0.3) is 5.91 Å². The number of carbonyl (C=O) groups excluding carboxylic acids is 3. The van der Waals surface area contributed by atoms with Crippen LogP contribution in [0.1, 0.15) is 56.9 Å². The number of nitrogens with zero attached hydrogens (tertiary/aromatic N) is 5. The van der Waals surface area contributed by atoms with Gasteiger partial charge in [-0.1, -0.05) is 28.1 Å². The molecule has 350 valence electrons. The molecule has 2 atom stereocenters. The van der Waals surface area contributed by atoms with Crippen molar-refractivity contribution in [3.63, 3.8) is 0 Å². The molecule has 9 N–H and O–H groups in total. The number of aliphatic imine (C=N–C) groups is 1. The minimum atomic E-state index is -1.55. The predicted octanol–water partition coefficient (Wildman–Crippen LogP) is -0.0807. The fourth-order valence-corrected chi connectivity index (χ4v) is 6.65. The number of aliphatic carboxylic acids is 6. The Hall–Kier alpha value is -5.72. The van der Waals surface area contributed by atoms with Gasteiger partial charge in [0, 0.05) is 76.2 Å². The average Bonchev–Trinajstić information content (AvgIpc) is 3.19. The Morgan fingerprint density at radius 1 is 0.651 bits per heavy atom. The van der Waals surface area contributed by atoms with Crippen LogP contribution in [0.15, 0.2) is 33.7 Å². The Balaban J connectivity index is 2.03. The Labute approximate surface area is 371 Å². The highest BCUT2D eigenvalue weighted by molar-refractivity contribution is 9.10. The summed E-state index contributed by atoms with van der Waals surface area (Å²) in [5.74, 6) is -8.28. The molecule has 2 unspecified atom stereocenters. The van der Waals surface area contributed by atoms with E-state index >= 15 is 0 Å². The van der Waals surface area contributed by atoms with E-state index in [4.69, 9.17) is 5.11 Å². The van der Waals surface area contributed by atoms with Crippen molar-refractivity contribution in [1.29, 1.82) is 0 Å². The molecule has 63 heavy (non-hydrogen) atoms. The molecule has 1 aromatic rings. The van der Waals surface area contributed by atoms with Crippen LogP contribution in [0, 0.1) is 0 Å². The molecule has 2 rings (SSSR count). The Morgan fingerprint density at radius 2 is 1.19 bits per heavy atom. The number of unbranched alkanes of at least 4 members (excludes halogenated alkanes) is 2. The lowest BCUT2D eigenvalue weighted by molar-refractivity contribution is -0.141. The highest BCUT2D eigenvalue weighted by atomic mass is 79.9. The lowest BCUT2D eigenvalue weighted by atomic mass is 10.1. The highest BCUT2D eigenvalue weighted by Crippen LogP contribution is 2.15. The quantitative estimate of drug-likeness (QED) is 0.0548. The maximum atomic E-state index is 13.5. The number of rotatable bonds is 26. The van der Waals surface area contributed by atoms with E-state index in [2.05, 4.69) is 36.9 Å². The first-order chi connectivity index (χ1) is 29.8. The molecule has 1 aliphatic rings. The Kier molecular flexibility index (Phi) is 24.4. The molecule has 1 aliphatic heterocycles. The van der Waals surface area contributed by atoms with Crippen LogP contribution in [-0.2, 0) is 44.9 Å². The second kappa shape index (κ2) is 28.8. The van der Waals surface area contributed by atoms with Crippen LogP contribution < -0.4 is 16.0 Å². The van der Waals surface area contributed by atoms with E-state index in [-0.39, 0.29) is 109 Å². The molecule has 4 amide bonds. The molecule has 23 nitrogen and oxygen atoms in total. The van der Waals surface area contributed by atoms with Crippen LogP contribution in [0.4, 0.5) is 4.79 Å². The number of nitrogens with one attached hydrogen (secondary N) is 3. The zero-order valence-corrected chi connectivity index (χ0v) is 36.4. The maximum Gasteiger partial charge on any atom is 0.326 e. The largest absolute Gasteiger partial charge is 0.481 e. The summed E-state index contributed by atoms with van der Waals surface area (Å²) in [4.78, 5) is 119. The van der Waals surface area contributed by atoms with Crippen LogP contribution in [-0.4, -0.2) is 200 Å². The van der Waals surface area contributed by atoms with Gasteiger partial charge in [0.1, 0.15) is 17.8 Å². The normalized spacial score (nSPS) is 16.1. The lowest BCUT2D eigenvalue weighted by Gasteiger charge is -2.29. The second-order valence-electron chi connectivity index (χ2n) is 14.8. The number of hydrogen-bond donors (Lipinski definition) is 9. The Morgan fingerprint density at radius 3 is 1.75 bits per heavy atom. The molecule has 0 radical (unpaired) electrons. The fraction of sp³-hybridized carbons (Fsp3) is 0.590. The molecule has 0 fully saturated rings. The number of hydrogen-bond acceptors (Lipinski definition) is 13. The van der Waals surface area contributed by atoms with E-state index in [1.165, 1.54) is 4.90 Å². The average molecular weight is 958 g/mol. The van der Waals surface area contributed by atoms with Crippen LogP contribution in [0.3, 0.4) is 0 Å². The van der Waals surface area contributed by atoms with Gasteiger partial charge in [-0.05, 0) is 56.2 Å². The van der Waals surface area contributed by atoms with Crippen molar-refractivity contribution in [2.24, 2.45) is 4.99 Å². The van der Waals surface area contributed by atoms with E-state index < -0.39 is 79.2 Å². The number of carboxylic acids is 6. The van der Waals surface area contributed by atoms with Gasteiger partial charge in [0.2, 0.25) is 5.91 Å². The first kappa shape index (κ1) is 53.4. The fourth-order valence-electron chi connectivity index (χ4n) is 6.38. The van der Waals surface area contributed by atoms with Crippen molar-refractivity contribution in [3.05, 3.63) is 34.3 Å². The van der Waals surface area contributed by atoms with Gasteiger partial charge in [0.05, 0.1) is 26.2 Å². The van der Waals surface area contributed by atoms with Crippen molar-refractivity contribution in [1.82, 2.24) is 35.6 Å². The summed E-state index contributed by atoms with van der Waals surface area (Å²) in [6.45, 7) is 0.114. The summed E-state index contributed by atoms with van der Waals surface area (Å²) < 4.78 is 0.832. The number of urea groups is 1. The standard InChI is InChI=1S/C39H57BrN8O15/c40-27-9-7-26(8-10-27)21-48(15-4-2-5-28(37(59)60)43-39(63)44-29(38(61)62)11-12-32(50)51)31(49)6-1-3-13-42-36(58)30-22-47(25-35(56)57)20-19-46(24-34(54)55)18-17-45(16-14-41-30)23-33(52)53/h7-10,28-29H,1-6,11-25H2,(H,42,58)(H,50,51)(H,52,53)(H,54,55)(H,56,57)(H,59,60)(H,61,62)(H2,43,44,63)/b41-30-. The minimum Gasteiger partial charge on any atom is -0.481 e. The smallest absolute Gasteiger partial charge is 0.326 e. The summed E-state index contributed by atoms with van der Waals surface area (Å²) in [7, 11) is 0. The Bertz CT molecular complexity index is 1770. The molecule has 0 bridgehead atoms. The van der Waals surface area contributed by atoms with E-state index in [0.29, 0.717) is 19.3 Å². The van der Waals surface area contributed by atoms with Crippen LogP contribution >= 0.6 is 15.9 Å². The van der Waals surface area contributed by atoms with Crippen molar-refractivity contribution in [2.75, 3.05) is 78.5 Å².